The van der Waals surface area contributed by atoms with Gasteiger partial charge in [-0.1, -0.05) is 71.8 Å². The number of benzene rings is 3. The molecule has 31 heavy (non-hydrogen) atoms. The summed E-state index contributed by atoms with van der Waals surface area (Å²) in [5.74, 6) is -1.27. The number of aryl methyl sites for hydroxylation is 1. The quantitative estimate of drug-likeness (QED) is 0.512. The maximum absolute atomic E-state index is 12.7. The molecule has 0 saturated carbocycles. The second-order valence-electron chi connectivity index (χ2n) is 6.99. The first-order valence-corrected chi connectivity index (χ1v) is 10.1. The molecule has 0 aliphatic carbocycles. The Kier molecular flexibility index (Phi) is 7.40. The smallest absolute Gasteiger partial charge is 0.269 e. The minimum atomic E-state index is -0.610. The van der Waals surface area contributed by atoms with Crippen LogP contribution in [-0.2, 0) is 4.79 Å². The number of carbonyl (C=O) groups excluding carboxylic acids is 3. The third-order valence-electron chi connectivity index (χ3n) is 4.64. The van der Waals surface area contributed by atoms with Gasteiger partial charge in [-0.2, -0.15) is 0 Å². The van der Waals surface area contributed by atoms with E-state index in [1.807, 2.05) is 49.4 Å². The van der Waals surface area contributed by atoms with E-state index >= 15 is 0 Å². The highest BCUT2D eigenvalue weighted by Crippen LogP contribution is 2.20. The van der Waals surface area contributed by atoms with E-state index in [1.165, 1.54) is 0 Å². The zero-order chi connectivity index (χ0) is 22.2. The molecule has 3 aromatic rings. The van der Waals surface area contributed by atoms with E-state index in [0.29, 0.717) is 16.1 Å². The summed E-state index contributed by atoms with van der Waals surface area (Å²) < 4.78 is 0. The minimum Gasteiger partial charge on any atom is -0.345 e. The van der Waals surface area contributed by atoms with Crippen LogP contribution in [0.5, 0.6) is 0 Å². The summed E-state index contributed by atoms with van der Waals surface area (Å²) in [6.45, 7) is 1.92. The third-order valence-corrected chi connectivity index (χ3v) is 4.97. The van der Waals surface area contributed by atoms with Gasteiger partial charge in [0.2, 0.25) is 5.91 Å². The fraction of sp³-hybridized carbons (Fsp3) is 0.125. The number of hydrogen-bond acceptors (Lipinski definition) is 3. The van der Waals surface area contributed by atoms with Crippen LogP contribution in [0.2, 0.25) is 5.02 Å². The van der Waals surface area contributed by atoms with Gasteiger partial charge < -0.3 is 5.32 Å². The Morgan fingerprint density at radius 3 is 2.13 bits per heavy atom. The molecular weight excluding hydrogens is 414 g/mol. The van der Waals surface area contributed by atoms with Crippen LogP contribution in [0.25, 0.3) is 0 Å². The van der Waals surface area contributed by atoms with Gasteiger partial charge in [-0.25, -0.2) is 0 Å². The molecule has 0 unspecified atom stereocenters. The lowest BCUT2D eigenvalue weighted by Gasteiger charge is -2.19. The van der Waals surface area contributed by atoms with E-state index in [1.54, 1.807) is 36.4 Å². The Balaban J connectivity index is 1.66. The van der Waals surface area contributed by atoms with Crippen molar-refractivity contribution in [1.29, 1.82) is 0 Å². The molecule has 0 heterocycles. The van der Waals surface area contributed by atoms with Crippen LogP contribution >= 0.6 is 11.6 Å². The van der Waals surface area contributed by atoms with Gasteiger partial charge >= 0.3 is 0 Å². The summed E-state index contributed by atoms with van der Waals surface area (Å²) in [7, 11) is 0. The van der Waals surface area contributed by atoms with E-state index in [9.17, 15) is 14.4 Å². The summed E-state index contributed by atoms with van der Waals surface area (Å²) in [4.78, 5) is 37.4. The molecule has 0 aromatic heterocycles. The fourth-order valence-electron chi connectivity index (χ4n) is 2.96. The van der Waals surface area contributed by atoms with Crippen molar-refractivity contribution in [2.75, 3.05) is 0 Å². The van der Waals surface area contributed by atoms with E-state index in [4.69, 9.17) is 11.6 Å². The topological polar surface area (TPSA) is 87.3 Å². The molecule has 0 saturated heterocycles. The summed E-state index contributed by atoms with van der Waals surface area (Å²) in [5, 5.41) is 3.17. The van der Waals surface area contributed by atoms with E-state index in [-0.39, 0.29) is 6.42 Å². The average molecular weight is 436 g/mol. The number of hydrogen-bond donors (Lipinski definition) is 3. The zero-order valence-electron chi connectivity index (χ0n) is 16.9. The van der Waals surface area contributed by atoms with Crippen molar-refractivity contribution in [3.05, 3.63) is 106 Å². The third kappa shape index (κ3) is 6.17. The Morgan fingerprint density at radius 1 is 0.806 bits per heavy atom. The molecule has 0 bridgehead atoms. The molecule has 6 nitrogen and oxygen atoms in total. The molecule has 0 aliphatic heterocycles. The van der Waals surface area contributed by atoms with Gasteiger partial charge in [0.25, 0.3) is 11.8 Å². The highest BCUT2D eigenvalue weighted by Gasteiger charge is 2.20. The molecular formula is C24H22ClN3O3. The van der Waals surface area contributed by atoms with Crippen molar-refractivity contribution < 1.29 is 14.4 Å². The van der Waals surface area contributed by atoms with Crippen molar-refractivity contribution in [2.24, 2.45) is 0 Å². The molecule has 0 aliphatic rings. The maximum atomic E-state index is 12.7. The van der Waals surface area contributed by atoms with E-state index in [2.05, 4.69) is 16.2 Å². The van der Waals surface area contributed by atoms with Crippen molar-refractivity contribution in [3.8, 4) is 0 Å². The number of carbonyl (C=O) groups is 3. The summed E-state index contributed by atoms with van der Waals surface area (Å²) >= 11 is 6.12. The summed E-state index contributed by atoms with van der Waals surface area (Å²) in [6.07, 6.45) is -0.0750. The Morgan fingerprint density at radius 2 is 1.45 bits per heavy atom. The molecule has 158 valence electrons. The molecule has 0 fully saturated rings. The van der Waals surface area contributed by atoms with Crippen molar-refractivity contribution in [2.45, 2.75) is 19.4 Å². The molecule has 0 radical (unpaired) electrons. The van der Waals surface area contributed by atoms with Gasteiger partial charge in [0.05, 0.1) is 23.0 Å². The Bertz CT molecular complexity index is 1070. The standard InChI is InChI=1S/C24H22ClN3O3/c1-16-11-13-18(14-12-16)23(30)28-27-22(29)15-21(17-7-3-2-4-8-17)26-24(31)19-9-5-6-10-20(19)25/h2-14,21H,15H2,1H3,(H,26,31)(H,27,29)(H,28,30)/t21-/m0/s1. The molecule has 3 N–H and O–H groups in total. The number of amides is 3. The van der Waals surface area contributed by atoms with Crippen LogP contribution in [0.4, 0.5) is 0 Å². The molecule has 3 rings (SSSR count). The fourth-order valence-corrected chi connectivity index (χ4v) is 3.18. The van der Waals surface area contributed by atoms with Gasteiger partial charge in [-0.3, -0.25) is 25.2 Å². The maximum Gasteiger partial charge on any atom is 0.269 e. The van der Waals surface area contributed by atoms with Crippen LogP contribution < -0.4 is 16.2 Å². The molecule has 3 amide bonds. The SMILES string of the molecule is Cc1ccc(C(=O)NNC(=O)C[C@H](NC(=O)c2ccccc2Cl)c2ccccc2)cc1. The van der Waals surface area contributed by atoms with Gasteiger partial charge in [0.15, 0.2) is 0 Å². The number of rotatable bonds is 6. The van der Waals surface area contributed by atoms with Gasteiger partial charge in [-0.05, 0) is 36.8 Å². The van der Waals surface area contributed by atoms with Crippen molar-refractivity contribution in [3.63, 3.8) is 0 Å². The van der Waals surface area contributed by atoms with Crippen LogP contribution in [0.3, 0.4) is 0 Å². The van der Waals surface area contributed by atoms with Gasteiger partial charge in [-0.15, -0.1) is 0 Å². The first-order chi connectivity index (χ1) is 14.9. The van der Waals surface area contributed by atoms with E-state index < -0.39 is 23.8 Å². The van der Waals surface area contributed by atoms with Crippen LogP contribution in [0, 0.1) is 6.92 Å². The lowest BCUT2D eigenvalue weighted by atomic mass is 10.0. The number of halogens is 1. The molecule has 1 atom stereocenters. The van der Waals surface area contributed by atoms with Crippen molar-refractivity contribution in [1.82, 2.24) is 16.2 Å². The summed E-state index contributed by atoms with van der Waals surface area (Å²) in [6, 6.07) is 22.2. The van der Waals surface area contributed by atoms with Crippen LogP contribution in [0.15, 0.2) is 78.9 Å². The molecule has 7 heteroatoms. The van der Waals surface area contributed by atoms with Crippen LogP contribution in [-0.4, -0.2) is 17.7 Å². The summed E-state index contributed by atoms with van der Waals surface area (Å²) in [5.41, 5.74) is 7.33. The lowest BCUT2D eigenvalue weighted by molar-refractivity contribution is -0.122. The Hall–Kier alpha value is -3.64. The largest absolute Gasteiger partial charge is 0.345 e. The first-order valence-electron chi connectivity index (χ1n) is 9.70. The van der Waals surface area contributed by atoms with Crippen molar-refractivity contribution >= 4 is 29.3 Å². The average Bonchev–Trinajstić information content (AvgIpc) is 2.78. The highest BCUT2D eigenvalue weighted by molar-refractivity contribution is 6.33. The van der Waals surface area contributed by atoms with E-state index in [0.717, 1.165) is 11.1 Å². The molecule has 0 spiro atoms. The van der Waals surface area contributed by atoms with Gasteiger partial charge in [0.1, 0.15) is 0 Å². The normalized spacial score (nSPS) is 11.3. The second-order valence-corrected chi connectivity index (χ2v) is 7.40. The predicted octanol–water partition coefficient (Wildman–Crippen LogP) is 3.97. The number of nitrogens with one attached hydrogen (secondary N) is 3. The van der Waals surface area contributed by atoms with Crippen LogP contribution in [0.1, 0.15) is 44.3 Å². The second kappa shape index (κ2) is 10.4. The predicted molar refractivity (Wildman–Crippen MR) is 120 cm³/mol. The van der Waals surface area contributed by atoms with Gasteiger partial charge in [0, 0.05) is 5.56 Å². The lowest BCUT2D eigenvalue weighted by Crippen LogP contribution is -2.43. The monoisotopic (exact) mass is 435 g/mol. The first kappa shape index (κ1) is 22.1. The Labute approximate surface area is 185 Å². The molecule has 3 aromatic carbocycles. The zero-order valence-corrected chi connectivity index (χ0v) is 17.6. The highest BCUT2D eigenvalue weighted by atomic mass is 35.5. The minimum absolute atomic E-state index is 0.0750. The number of hydrazine groups is 1.